The van der Waals surface area contributed by atoms with E-state index in [2.05, 4.69) is 19.2 Å². The van der Waals surface area contributed by atoms with Crippen molar-refractivity contribution >= 4 is 11.8 Å². The lowest BCUT2D eigenvalue weighted by molar-refractivity contribution is -0.148. The van der Waals surface area contributed by atoms with E-state index in [-0.39, 0.29) is 30.4 Å². The molecule has 1 N–H and O–H groups in total. The summed E-state index contributed by atoms with van der Waals surface area (Å²) in [6, 6.07) is -0.0875. The molecule has 4 heteroatoms. The number of carbonyl (C=O) groups excluding carboxylic acids is 2. The Bertz CT molecular complexity index is 337. The summed E-state index contributed by atoms with van der Waals surface area (Å²) in [5.74, 6) is 0.507. The number of rotatable bonds is 4. The summed E-state index contributed by atoms with van der Waals surface area (Å²) < 4.78 is 0. The number of nitrogens with zero attached hydrogens (tertiary/aromatic N) is 1. The van der Waals surface area contributed by atoms with Crippen LogP contribution in [0.2, 0.25) is 0 Å². The Hall–Kier alpha value is -1.06. The second-order valence-electron chi connectivity index (χ2n) is 6.05. The normalized spacial score (nSPS) is 27.3. The smallest absolute Gasteiger partial charge is 0.246 e. The quantitative estimate of drug-likeness (QED) is 0.847. The predicted molar refractivity (Wildman–Crippen MR) is 74.6 cm³/mol. The van der Waals surface area contributed by atoms with Crippen molar-refractivity contribution in [2.24, 2.45) is 5.92 Å². The van der Waals surface area contributed by atoms with Gasteiger partial charge in [0.2, 0.25) is 11.8 Å². The first-order valence-corrected chi connectivity index (χ1v) is 7.73. The van der Waals surface area contributed by atoms with E-state index in [4.69, 9.17) is 0 Å². The number of nitrogens with one attached hydrogen (secondary N) is 1. The molecular weight excluding hydrogens is 240 g/mol. The highest BCUT2D eigenvalue weighted by Gasteiger charge is 2.39. The first-order chi connectivity index (χ1) is 9.13. The number of hydrogen-bond donors (Lipinski definition) is 1. The van der Waals surface area contributed by atoms with E-state index < -0.39 is 0 Å². The van der Waals surface area contributed by atoms with Crippen molar-refractivity contribution < 1.29 is 9.59 Å². The summed E-state index contributed by atoms with van der Waals surface area (Å²) in [4.78, 5) is 26.3. The van der Waals surface area contributed by atoms with Crippen molar-refractivity contribution in [1.29, 1.82) is 0 Å². The maximum Gasteiger partial charge on any atom is 0.246 e. The Kier molecular flexibility index (Phi) is 4.83. The van der Waals surface area contributed by atoms with Gasteiger partial charge in [-0.3, -0.25) is 9.59 Å². The molecule has 0 aromatic heterocycles. The lowest BCUT2D eigenvalue weighted by Crippen LogP contribution is -2.62. The molecule has 1 aliphatic carbocycles. The van der Waals surface area contributed by atoms with Gasteiger partial charge in [0.1, 0.15) is 6.04 Å². The molecule has 2 aliphatic rings. The minimum absolute atomic E-state index is 0.0122. The molecule has 1 saturated heterocycles. The minimum atomic E-state index is -0.263. The van der Waals surface area contributed by atoms with E-state index in [9.17, 15) is 9.59 Å². The standard InChI is InChI=1S/C15H26N2O2/c1-3-7-11(2)17-10-13(18)16-14(15(17)19)12-8-5-4-6-9-12/h11-12,14H,3-10H2,1-2H3,(H,16,18). The molecule has 2 amide bonds. The van der Waals surface area contributed by atoms with Gasteiger partial charge in [0.15, 0.2) is 0 Å². The highest BCUT2D eigenvalue weighted by Crippen LogP contribution is 2.29. The zero-order valence-electron chi connectivity index (χ0n) is 12.2. The van der Waals surface area contributed by atoms with E-state index >= 15 is 0 Å². The van der Waals surface area contributed by atoms with Crippen LogP contribution in [0.3, 0.4) is 0 Å². The van der Waals surface area contributed by atoms with Crippen LogP contribution in [0.15, 0.2) is 0 Å². The lowest BCUT2D eigenvalue weighted by Gasteiger charge is -2.40. The van der Waals surface area contributed by atoms with E-state index in [1.165, 1.54) is 19.3 Å². The second kappa shape index (κ2) is 6.40. The fourth-order valence-electron chi connectivity index (χ4n) is 3.43. The average Bonchev–Trinajstić information content (AvgIpc) is 2.42. The van der Waals surface area contributed by atoms with Gasteiger partial charge in [0.25, 0.3) is 0 Å². The Labute approximate surface area is 115 Å². The van der Waals surface area contributed by atoms with Crippen LogP contribution in [0, 0.1) is 5.92 Å². The van der Waals surface area contributed by atoms with Gasteiger partial charge in [-0.15, -0.1) is 0 Å². The molecule has 2 atom stereocenters. The van der Waals surface area contributed by atoms with Crippen LogP contribution >= 0.6 is 0 Å². The van der Waals surface area contributed by atoms with Crippen LogP contribution in [0.25, 0.3) is 0 Å². The summed E-state index contributed by atoms with van der Waals surface area (Å²) >= 11 is 0. The second-order valence-corrected chi connectivity index (χ2v) is 6.05. The summed E-state index contributed by atoms with van der Waals surface area (Å²) in [7, 11) is 0. The maximum absolute atomic E-state index is 12.6. The van der Waals surface area contributed by atoms with Crippen molar-refractivity contribution in [3.63, 3.8) is 0 Å². The number of amides is 2. The first-order valence-electron chi connectivity index (χ1n) is 7.73. The number of carbonyl (C=O) groups is 2. The van der Waals surface area contributed by atoms with E-state index in [1.807, 2.05) is 0 Å². The van der Waals surface area contributed by atoms with E-state index in [1.54, 1.807) is 4.90 Å². The van der Waals surface area contributed by atoms with Gasteiger partial charge < -0.3 is 10.2 Å². The molecule has 1 aliphatic heterocycles. The average molecular weight is 266 g/mol. The van der Waals surface area contributed by atoms with Crippen molar-refractivity contribution in [3.8, 4) is 0 Å². The van der Waals surface area contributed by atoms with Gasteiger partial charge >= 0.3 is 0 Å². The van der Waals surface area contributed by atoms with Crippen LogP contribution in [0.5, 0.6) is 0 Å². The van der Waals surface area contributed by atoms with Gasteiger partial charge in [0, 0.05) is 6.04 Å². The van der Waals surface area contributed by atoms with Crippen molar-refractivity contribution in [3.05, 3.63) is 0 Å². The monoisotopic (exact) mass is 266 g/mol. The van der Waals surface area contributed by atoms with Crippen LogP contribution in [0.4, 0.5) is 0 Å². The van der Waals surface area contributed by atoms with Crippen LogP contribution in [-0.2, 0) is 9.59 Å². The van der Waals surface area contributed by atoms with Gasteiger partial charge in [-0.25, -0.2) is 0 Å². The molecule has 2 rings (SSSR count). The molecule has 0 bridgehead atoms. The fraction of sp³-hybridized carbons (Fsp3) is 0.867. The molecular formula is C15H26N2O2. The summed E-state index contributed by atoms with van der Waals surface area (Å²) in [6.45, 7) is 4.41. The van der Waals surface area contributed by atoms with Crippen LogP contribution in [0.1, 0.15) is 58.8 Å². The third-order valence-electron chi connectivity index (χ3n) is 4.54. The van der Waals surface area contributed by atoms with Crippen LogP contribution < -0.4 is 5.32 Å². The zero-order valence-corrected chi connectivity index (χ0v) is 12.2. The molecule has 4 nitrogen and oxygen atoms in total. The SMILES string of the molecule is CCCC(C)N1CC(=O)NC(C2CCCCC2)C1=O. The van der Waals surface area contributed by atoms with Crippen molar-refractivity contribution in [1.82, 2.24) is 10.2 Å². The van der Waals surface area contributed by atoms with E-state index in [0.717, 1.165) is 25.7 Å². The lowest BCUT2D eigenvalue weighted by atomic mass is 9.82. The van der Waals surface area contributed by atoms with Gasteiger partial charge in [-0.2, -0.15) is 0 Å². The molecule has 0 aromatic rings. The summed E-state index contributed by atoms with van der Waals surface area (Å²) in [5, 5.41) is 2.93. The third kappa shape index (κ3) is 3.28. The first kappa shape index (κ1) is 14.4. The molecule has 0 aromatic carbocycles. The number of piperazine rings is 1. The van der Waals surface area contributed by atoms with Gasteiger partial charge in [-0.05, 0) is 32.1 Å². The van der Waals surface area contributed by atoms with Gasteiger partial charge in [0.05, 0.1) is 6.54 Å². The van der Waals surface area contributed by atoms with E-state index in [0.29, 0.717) is 5.92 Å². The predicted octanol–water partition coefficient (Wildman–Crippen LogP) is 2.08. The number of hydrogen-bond acceptors (Lipinski definition) is 2. The fourth-order valence-corrected chi connectivity index (χ4v) is 3.43. The van der Waals surface area contributed by atoms with Gasteiger partial charge in [-0.1, -0.05) is 32.6 Å². The largest absolute Gasteiger partial charge is 0.342 e. The Morgan fingerprint density at radius 1 is 1.26 bits per heavy atom. The Balaban J connectivity index is 2.06. The third-order valence-corrected chi connectivity index (χ3v) is 4.54. The molecule has 2 fully saturated rings. The molecule has 2 unspecified atom stereocenters. The molecule has 1 heterocycles. The molecule has 108 valence electrons. The Morgan fingerprint density at radius 2 is 1.95 bits per heavy atom. The maximum atomic E-state index is 12.6. The molecule has 0 spiro atoms. The highest BCUT2D eigenvalue weighted by atomic mass is 16.2. The minimum Gasteiger partial charge on any atom is -0.342 e. The molecule has 19 heavy (non-hydrogen) atoms. The molecule has 1 saturated carbocycles. The summed E-state index contributed by atoms with van der Waals surface area (Å²) in [5.41, 5.74) is 0. The van der Waals surface area contributed by atoms with Crippen LogP contribution in [-0.4, -0.2) is 35.3 Å². The zero-order chi connectivity index (χ0) is 13.8. The topological polar surface area (TPSA) is 49.4 Å². The van der Waals surface area contributed by atoms with Crippen molar-refractivity contribution in [2.45, 2.75) is 70.9 Å². The highest BCUT2D eigenvalue weighted by molar-refractivity contribution is 5.95. The Morgan fingerprint density at radius 3 is 2.58 bits per heavy atom. The summed E-state index contributed by atoms with van der Waals surface area (Å²) in [6.07, 6.45) is 7.81. The van der Waals surface area contributed by atoms with Crippen molar-refractivity contribution in [2.75, 3.05) is 6.54 Å². The molecule has 0 radical (unpaired) electrons.